The molecular formula is C42H45N5O7. The number of aryl methyl sites for hydroxylation is 2. The second-order valence-electron chi connectivity index (χ2n) is 14.1. The summed E-state index contributed by atoms with van der Waals surface area (Å²) < 4.78 is 7.26. The van der Waals surface area contributed by atoms with E-state index in [2.05, 4.69) is 16.4 Å². The number of amides is 1. The van der Waals surface area contributed by atoms with Crippen LogP contribution in [0.15, 0.2) is 105 Å². The monoisotopic (exact) mass is 731 g/mol. The molecule has 1 fully saturated rings. The molecule has 1 aliphatic carbocycles. The number of aromatic nitrogens is 2. The summed E-state index contributed by atoms with van der Waals surface area (Å²) in [6.07, 6.45) is 3.53. The van der Waals surface area contributed by atoms with Crippen molar-refractivity contribution in [2.75, 3.05) is 11.4 Å². The van der Waals surface area contributed by atoms with Gasteiger partial charge >= 0.3 is 11.8 Å². The molecule has 0 aliphatic heterocycles. The Morgan fingerprint density at radius 2 is 1.72 bits per heavy atom. The maximum Gasteiger partial charge on any atom is 0.419 e. The van der Waals surface area contributed by atoms with E-state index in [4.69, 9.17) is 10.2 Å². The minimum atomic E-state index is -0.958. The van der Waals surface area contributed by atoms with E-state index in [0.717, 1.165) is 67.2 Å². The molecule has 1 aliphatic rings. The average Bonchev–Trinajstić information content (AvgIpc) is 3.48. The van der Waals surface area contributed by atoms with Crippen molar-refractivity contribution in [2.45, 2.75) is 76.2 Å². The third-order valence-corrected chi connectivity index (χ3v) is 10.5. The Balaban J connectivity index is 0.980. The minimum absolute atomic E-state index is 0.0668. The number of aliphatic hydroxyl groups excluding tert-OH is 1. The van der Waals surface area contributed by atoms with Crippen LogP contribution in [0.2, 0.25) is 0 Å². The molecule has 280 valence electrons. The Morgan fingerprint density at radius 3 is 2.50 bits per heavy atom. The lowest BCUT2D eigenvalue weighted by atomic mass is 9.89. The van der Waals surface area contributed by atoms with Crippen molar-refractivity contribution in [1.29, 1.82) is 0 Å². The second kappa shape index (κ2) is 16.1. The Hall–Kier alpha value is -5.69. The van der Waals surface area contributed by atoms with Crippen molar-refractivity contribution in [3.63, 3.8) is 0 Å². The number of aliphatic hydroxyl groups is 1. The number of benzene rings is 4. The molecule has 4 aromatic carbocycles. The molecule has 1 amide bonds. The van der Waals surface area contributed by atoms with Gasteiger partial charge in [0.15, 0.2) is 5.58 Å². The van der Waals surface area contributed by atoms with Gasteiger partial charge in [-0.05, 0) is 104 Å². The number of phenolic OH excluding ortho intramolecular Hbond substituents is 1. The number of phenols is 1. The van der Waals surface area contributed by atoms with Crippen molar-refractivity contribution in [1.82, 2.24) is 14.9 Å². The van der Waals surface area contributed by atoms with Gasteiger partial charge < -0.3 is 35.8 Å². The third-order valence-electron chi connectivity index (χ3n) is 10.5. The van der Waals surface area contributed by atoms with Gasteiger partial charge in [-0.3, -0.25) is 14.3 Å². The molecule has 12 nitrogen and oxygen atoms in total. The van der Waals surface area contributed by atoms with Gasteiger partial charge in [0.1, 0.15) is 5.75 Å². The zero-order valence-electron chi connectivity index (χ0n) is 29.9. The van der Waals surface area contributed by atoms with Crippen molar-refractivity contribution in [3.8, 4) is 16.9 Å². The fourth-order valence-corrected chi connectivity index (χ4v) is 7.66. The highest BCUT2D eigenvalue weighted by atomic mass is 16.4. The fraction of sp³-hybridized carbons (Fsp3) is 0.310. The summed E-state index contributed by atoms with van der Waals surface area (Å²) in [5, 5.41) is 35.2. The van der Waals surface area contributed by atoms with Crippen LogP contribution in [-0.4, -0.2) is 49.6 Å². The van der Waals surface area contributed by atoms with Gasteiger partial charge in [-0.25, -0.2) is 9.59 Å². The lowest BCUT2D eigenvalue weighted by Gasteiger charge is -2.35. The lowest BCUT2D eigenvalue weighted by Crippen LogP contribution is -2.44. The number of anilines is 1. The van der Waals surface area contributed by atoms with E-state index in [1.165, 1.54) is 17.0 Å². The van der Waals surface area contributed by atoms with Crippen LogP contribution >= 0.6 is 0 Å². The van der Waals surface area contributed by atoms with Crippen LogP contribution in [0.5, 0.6) is 5.75 Å². The Labute approximate surface area is 311 Å². The number of aromatic hydroxyl groups is 1. The van der Waals surface area contributed by atoms with Crippen LogP contribution in [0.4, 0.5) is 10.5 Å². The largest absolute Gasteiger partial charge is 0.506 e. The van der Waals surface area contributed by atoms with Crippen molar-refractivity contribution < 1.29 is 24.5 Å². The number of unbranched alkanes of at least 4 members (excludes halogenated alkanes) is 1. The molecule has 2 aromatic heterocycles. The summed E-state index contributed by atoms with van der Waals surface area (Å²) in [6.45, 7) is 1.12. The van der Waals surface area contributed by atoms with Gasteiger partial charge in [0.2, 0.25) is 5.56 Å². The number of fused-ring (bicyclic) bond motifs is 2. The highest BCUT2D eigenvalue weighted by Crippen LogP contribution is 2.36. The molecule has 7 rings (SSSR count). The number of H-pyrrole nitrogens is 1. The number of hydrogen-bond donors (Lipinski definition) is 6. The third kappa shape index (κ3) is 7.96. The predicted molar refractivity (Wildman–Crippen MR) is 209 cm³/mol. The van der Waals surface area contributed by atoms with Gasteiger partial charge in [0.25, 0.3) is 0 Å². The van der Waals surface area contributed by atoms with Crippen LogP contribution in [0, 0.1) is 0 Å². The number of nitrogens with zero attached hydrogens (tertiary/aromatic N) is 2. The Morgan fingerprint density at radius 1 is 0.944 bits per heavy atom. The molecule has 1 atom stereocenters. The number of rotatable bonds is 13. The van der Waals surface area contributed by atoms with E-state index >= 15 is 0 Å². The number of pyridine rings is 1. The topological polar surface area (TPSA) is 187 Å². The number of nitrogens with two attached hydrogens (primary N) is 1. The van der Waals surface area contributed by atoms with Crippen molar-refractivity contribution >= 4 is 33.8 Å². The van der Waals surface area contributed by atoms with Gasteiger partial charge in [-0.15, -0.1) is 0 Å². The molecule has 0 radical (unpaired) electrons. The quantitative estimate of drug-likeness (QED) is 0.0730. The fourth-order valence-electron chi connectivity index (χ4n) is 7.66. The number of carbonyl (C=O) groups is 1. The second-order valence-corrected chi connectivity index (χ2v) is 14.1. The lowest BCUT2D eigenvalue weighted by molar-refractivity contribution is 0.176. The number of hydrogen-bond acceptors (Lipinski definition) is 8. The number of oxazole rings is 1. The van der Waals surface area contributed by atoms with E-state index in [9.17, 15) is 29.7 Å². The zero-order chi connectivity index (χ0) is 37.8. The Bertz CT molecular complexity index is 2380. The van der Waals surface area contributed by atoms with Gasteiger partial charge in [-0.1, -0.05) is 48.5 Å². The van der Waals surface area contributed by atoms with E-state index < -0.39 is 18.0 Å². The minimum Gasteiger partial charge on any atom is -0.506 e. The summed E-state index contributed by atoms with van der Waals surface area (Å²) in [4.78, 5) is 41.4. The van der Waals surface area contributed by atoms with E-state index in [0.29, 0.717) is 40.8 Å². The summed E-state index contributed by atoms with van der Waals surface area (Å²) in [7, 11) is 0. The number of carboxylic acid groups (broad SMARTS) is 1. The number of aromatic amines is 1. The molecule has 0 bridgehead atoms. The van der Waals surface area contributed by atoms with Crippen LogP contribution < -0.4 is 27.3 Å². The standard InChI is InChI=1S/C42H45N5O7/c43-29-11-13-30(14-12-29)47(41(51)52)34-17-9-26(22-33(34)28-7-2-1-3-8-28)6-4-5-21-46-35-18-10-27(23-38(35)54-42(46)53)24-44-25-37(49)31-15-19-36(48)40-32(31)16-20-39(50)45-40/h1-3,7-10,15-20,22-23,29-30,37,44,48-49H,4-6,11-14,21,24-25,43H2,(H,45,50)(H,51,52)/t29-,30-,37-/m0/s1. The molecule has 2 heterocycles. The molecular weight excluding hydrogens is 686 g/mol. The molecule has 0 unspecified atom stereocenters. The average molecular weight is 732 g/mol. The van der Waals surface area contributed by atoms with Crippen LogP contribution in [-0.2, 0) is 19.5 Å². The Kier molecular flexibility index (Phi) is 11.0. The van der Waals surface area contributed by atoms with E-state index in [-0.39, 0.29) is 35.5 Å². The predicted octanol–water partition coefficient (Wildman–Crippen LogP) is 6.41. The maximum absolute atomic E-state index is 12.9. The maximum atomic E-state index is 12.9. The summed E-state index contributed by atoms with van der Waals surface area (Å²) in [5.41, 5.74) is 12.3. The highest BCUT2D eigenvalue weighted by Gasteiger charge is 2.30. The molecule has 54 heavy (non-hydrogen) atoms. The van der Waals surface area contributed by atoms with Gasteiger partial charge in [0.05, 0.1) is 22.8 Å². The summed E-state index contributed by atoms with van der Waals surface area (Å²) >= 11 is 0. The van der Waals surface area contributed by atoms with Gasteiger partial charge in [0, 0.05) is 48.7 Å². The van der Waals surface area contributed by atoms with E-state index in [1.54, 1.807) is 16.7 Å². The number of nitrogens with one attached hydrogen (secondary N) is 2. The molecule has 12 heteroatoms. The molecule has 0 saturated heterocycles. The van der Waals surface area contributed by atoms with Crippen molar-refractivity contribution in [3.05, 3.63) is 129 Å². The molecule has 1 saturated carbocycles. The van der Waals surface area contributed by atoms with Crippen LogP contribution in [0.3, 0.4) is 0 Å². The molecule has 7 N–H and O–H groups in total. The van der Waals surface area contributed by atoms with E-state index in [1.807, 2.05) is 60.7 Å². The van der Waals surface area contributed by atoms with Gasteiger partial charge in [-0.2, -0.15) is 0 Å². The first kappa shape index (κ1) is 36.7. The molecule has 6 aromatic rings. The SMILES string of the molecule is N[C@H]1CC[C@H](N(C(=O)O)c2ccc(CCCCn3c(=O)oc4cc(CNC[C@H](O)c5ccc(O)c6[nH]c(=O)ccc56)ccc43)cc2-c2ccccc2)CC1. The zero-order valence-corrected chi connectivity index (χ0v) is 29.9. The van der Waals surface area contributed by atoms with Crippen molar-refractivity contribution in [2.24, 2.45) is 5.73 Å². The highest BCUT2D eigenvalue weighted by molar-refractivity contribution is 5.93. The van der Waals surface area contributed by atoms with Crippen LogP contribution in [0.25, 0.3) is 33.1 Å². The first-order chi connectivity index (χ1) is 26.2. The summed E-state index contributed by atoms with van der Waals surface area (Å²) in [6, 6.07) is 27.5. The first-order valence-corrected chi connectivity index (χ1v) is 18.5. The first-order valence-electron chi connectivity index (χ1n) is 18.5. The smallest absolute Gasteiger partial charge is 0.419 e. The normalized spacial score (nSPS) is 16.5. The molecule has 0 spiro atoms. The summed E-state index contributed by atoms with van der Waals surface area (Å²) in [5.74, 6) is -0.487. The van der Waals surface area contributed by atoms with Crippen LogP contribution in [0.1, 0.15) is 61.3 Å².